The zero-order chi connectivity index (χ0) is 14.5. The predicted molar refractivity (Wildman–Crippen MR) is 86.1 cm³/mol. The monoisotopic (exact) mass is 283 g/mol. The molecule has 112 valence electrons. The van der Waals surface area contributed by atoms with Crippen molar-refractivity contribution >= 4 is 0 Å². The average molecular weight is 283 g/mol. The lowest BCUT2D eigenvalue weighted by molar-refractivity contribution is -0.0181. The van der Waals surface area contributed by atoms with Crippen LogP contribution in [0.2, 0.25) is 0 Å². The summed E-state index contributed by atoms with van der Waals surface area (Å²) in [6.07, 6.45) is 4.99. The van der Waals surface area contributed by atoms with Crippen LogP contribution in [0.1, 0.15) is 38.2 Å². The number of hydrogen-bond donors (Lipinski definition) is 0. The van der Waals surface area contributed by atoms with Crippen molar-refractivity contribution in [2.45, 2.75) is 38.1 Å². The Morgan fingerprint density at radius 1 is 1.10 bits per heavy atom. The molecule has 0 aromatic heterocycles. The third-order valence-electron chi connectivity index (χ3n) is 4.93. The van der Waals surface area contributed by atoms with Gasteiger partial charge in [-0.15, -0.1) is 0 Å². The van der Waals surface area contributed by atoms with Crippen LogP contribution in [0.5, 0.6) is 0 Å². The third kappa shape index (κ3) is 3.48. The topological polar surface area (TPSA) is 12.5 Å². The molecule has 1 saturated heterocycles. The van der Waals surface area contributed by atoms with Gasteiger partial charge in [-0.05, 0) is 43.7 Å². The minimum atomic E-state index is 0.0755. The van der Waals surface area contributed by atoms with E-state index in [1.54, 1.807) is 0 Å². The Morgan fingerprint density at radius 3 is 2.43 bits per heavy atom. The molecule has 2 fully saturated rings. The van der Waals surface area contributed by atoms with Crippen LogP contribution < -0.4 is 0 Å². The van der Waals surface area contributed by atoms with Gasteiger partial charge in [0.25, 0.3) is 0 Å². The Kier molecular flexibility index (Phi) is 4.63. The largest absolute Gasteiger partial charge is 0.379 e. The van der Waals surface area contributed by atoms with Crippen molar-refractivity contribution in [1.82, 2.24) is 4.90 Å². The molecule has 21 heavy (non-hydrogen) atoms. The molecule has 3 rings (SSSR count). The minimum absolute atomic E-state index is 0.0755. The van der Waals surface area contributed by atoms with Crippen LogP contribution in [0, 0.1) is 17.8 Å². The molecule has 0 spiro atoms. The first-order valence-electron chi connectivity index (χ1n) is 8.20. The Balaban J connectivity index is 1.84. The second-order valence-electron chi connectivity index (χ2n) is 6.43. The second kappa shape index (κ2) is 6.64. The molecule has 0 atom stereocenters. The van der Waals surface area contributed by atoms with Crippen molar-refractivity contribution in [2.24, 2.45) is 5.92 Å². The standard InChI is InChI=1S/C19H25NO/c1-17-7-10-19(11-8-17,20-13-15-21-16-14-20)12-9-18-5-3-2-4-6-18/h2-6,17H,7-8,10-11,13-16H2,1H3. The molecule has 0 unspecified atom stereocenters. The highest BCUT2D eigenvalue weighted by atomic mass is 16.5. The lowest BCUT2D eigenvalue weighted by atomic mass is 9.76. The molecule has 1 aliphatic heterocycles. The van der Waals surface area contributed by atoms with Crippen molar-refractivity contribution in [2.75, 3.05) is 26.3 Å². The van der Waals surface area contributed by atoms with Gasteiger partial charge in [-0.2, -0.15) is 0 Å². The summed E-state index contributed by atoms with van der Waals surface area (Å²) < 4.78 is 5.53. The zero-order valence-corrected chi connectivity index (χ0v) is 13.0. The highest BCUT2D eigenvalue weighted by molar-refractivity contribution is 5.37. The maximum absolute atomic E-state index is 5.53. The van der Waals surface area contributed by atoms with Crippen molar-refractivity contribution < 1.29 is 4.74 Å². The second-order valence-corrected chi connectivity index (χ2v) is 6.43. The normalized spacial score (nSPS) is 30.4. The number of nitrogens with zero attached hydrogens (tertiary/aromatic N) is 1. The SMILES string of the molecule is CC1CCC(C#Cc2ccccc2)(N2CCOCC2)CC1. The summed E-state index contributed by atoms with van der Waals surface area (Å²) in [5.41, 5.74) is 1.20. The van der Waals surface area contributed by atoms with E-state index in [-0.39, 0.29) is 5.54 Å². The Labute approximate surface area is 128 Å². The molecule has 1 heterocycles. The summed E-state index contributed by atoms with van der Waals surface area (Å²) in [5, 5.41) is 0. The number of morpholine rings is 1. The fourth-order valence-electron chi connectivity index (χ4n) is 3.46. The number of benzene rings is 1. The van der Waals surface area contributed by atoms with E-state index in [9.17, 15) is 0 Å². The van der Waals surface area contributed by atoms with Crippen molar-refractivity contribution in [3.63, 3.8) is 0 Å². The lowest BCUT2D eigenvalue weighted by Gasteiger charge is -2.45. The van der Waals surface area contributed by atoms with E-state index >= 15 is 0 Å². The minimum Gasteiger partial charge on any atom is -0.379 e. The van der Waals surface area contributed by atoms with Crippen LogP contribution in [-0.4, -0.2) is 36.7 Å². The van der Waals surface area contributed by atoms with Gasteiger partial charge in [0, 0.05) is 18.7 Å². The molecule has 0 amide bonds. The Bertz CT molecular complexity index is 499. The van der Waals surface area contributed by atoms with Crippen LogP contribution in [0.15, 0.2) is 30.3 Å². The van der Waals surface area contributed by atoms with Crippen LogP contribution in [0.4, 0.5) is 0 Å². The van der Waals surface area contributed by atoms with E-state index in [1.165, 1.54) is 25.7 Å². The zero-order valence-electron chi connectivity index (χ0n) is 13.0. The summed E-state index contributed by atoms with van der Waals surface area (Å²) in [5.74, 6) is 7.94. The number of ether oxygens (including phenoxy) is 1. The summed E-state index contributed by atoms with van der Waals surface area (Å²) in [7, 11) is 0. The quantitative estimate of drug-likeness (QED) is 0.733. The summed E-state index contributed by atoms with van der Waals surface area (Å²) >= 11 is 0. The summed E-state index contributed by atoms with van der Waals surface area (Å²) in [6, 6.07) is 10.4. The maximum atomic E-state index is 5.53. The van der Waals surface area contributed by atoms with Crippen molar-refractivity contribution in [3.8, 4) is 11.8 Å². The van der Waals surface area contributed by atoms with Crippen LogP contribution in [-0.2, 0) is 4.74 Å². The molecule has 0 N–H and O–H groups in total. The van der Waals surface area contributed by atoms with Gasteiger partial charge in [0.05, 0.1) is 18.8 Å². The number of rotatable bonds is 1. The first kappa shape index (κ1) is 14.6. The molecule has 2 heteroatoms. The van der Waals surface area contributed by atoms with Crippen LogP contribution in [0.3, 0.4) is 0 Å². The fraction of sp³-hybridized carbons (Fsp3) is 0.579. The molecule has 0 bridgehead atoms. The van der Waals surface area contributed by atoms with Gasteiger partial charge in [-0.25, -0.2) is 0 Å². The third-order valence-corrected chi connectivity index (χ3v) is 4.93. The molecule has 1 aliphatic carbocycles. The van der Waals surface area contributed by atoms with Gasteiger partial charge in [0.1, 0.15) is 0 Å². The highest BCUT2D eigenvalue weighted by Crippen LogP contribution is 2.36. The van der Waals surface area contributed by atoms with Gasteiger partial charge in [-0.3, -0.25) is 4.90 Å². The molecule has 1 aromatic rings. The van der Waals surface area contributed by atoms with E-state index in [2.05, 4.69) is 47.9 Å². The predicted octanol–water partition coefficient (Wildman–Crippen LogP) is 3.32. The lowest BCUT2D eigenvalue weighted by Crippen LogP contribution is -2.54. The first-order valence-corrected chi connectivity index (χ1v) is 8.20. The van der Waals surface area contributed by atoms with E-state index < -0.39 is 0 Å². The van der Waals surface area contributed by atoms with Crippen LogP contribution in [0.25, 0.3) is 0 Å². The molecule has 0 radical (unpaired) electrons. The summed E-state index contributed by atoms with van der Waals surface area (Å²) in [6.45, 7) is 6.12. The smallest absolute Gasteiger partial charge is 0.0831 e. The molecule has 1 saturated carbocycles. The molecular formula is C19H25NO. The van der Waals surface area contributed by atoms with E-state index in [0.29, 0.717) is 0 Å². The fourth-order valence-corrected chi connectivity index (χ4v) is 3.46. The highest BCUT2D eigenvalue weighted by Gasteiger charge is 2.38. The van der Waals surface area contributed by atoms with E-state index in [4.69, 9.17) is 4.74 Å². The average Bonchev–Trinajstić information content (AvgIpc) is 2.57. The van der Waals surface area contributed by atoms with Crippen LogP contribution >= 0.6 is 0 Å². The van der Waals surface area contributed by atoms with E-state index in [1.807, 2.05) is 6.07 Å². The maximum Gasteiger partial charge on any atom is 0.0831 e. The Hall–Kier alpha value is -1.30. The molecule has 1 aromatic carbocycles. The first-order chi connectivity index (χ1) is 10.3. The van der Waals surface area contributed by atoms with E-state index in [0.717, 1.165) is 37.8 Å². The van der Waals surface area contributed by atoms with Gasteiger partial charge in [0.15, 0.2) is 0 Å². The Morgan fingerprint density at radius 2 is 1.76 bits per heavy atom. The number of hydrogen-bond acceptors (Lipinski definition) is 2. The van der Waals surface area contributed by atoms with Crippen molar-refractivity contribution in [3.05, 3.63) is 35.9 Å². The van der Waals surface area contributed by atoms with Gasteiger partial charge in [0.2, 0.25) is 0 Å². The molecule has 2 aliphatic rings. The summed E-state index contributed by atoms with van der Waals surface area (Å²) in [4.78, 5) is 2.58. The molecular weight excluding hydrogens is 258 g/mol. The van der Waals surface area contributed by atoms with Gasteiger partial charge in [-0.1, -0.05) is 37.0 Å². The van der Waals surface area contributed by atoms with Crippen molar-refractivity contribution in [1.29, 1.82) is 0 Å². The van der Waals surface area contributed by atoms with Gasteiger partial charge < -0.3 is 4.74 Å². The molecule has 2 nitrogen and oxygen atoms in total. The van der Waals surface area contributed by atoms with Gasteiger partial charge >= 0.3 is 0 Å².